The van der Waals surface area contributed by atoms with Gasteiger partial charge in [0.05, 0.1) is 19.6 Å². The van der Waals surface area contributed by atoms with Crippen LogP contribution in [0, 0.1) is 0 Å². The van der Waals surface area contributed by atoms with Gasteiger partial charge in [0.15, 0.2) is 5.58 Å². The minimum absolute atomic E-state index is 0.0965. The second-order valence-electron chi connectivity index (χ2n) is 6.16. The third-order valence-corrected chi connectivity index (χ3v) is 4.43. The first-order valence-electron chi connectivity index (χ1n) is 8.68. The summed E-state index contributed by atoms with van der Waals surface area (Å²) in [5.41, 5.74) is 2.34. The SMILES string of the molecule is O=C(Cc1noc2ccccc12)NCc1cccnc1N1CCOCC1. The number of rotatable bonds is 5. The van der Waals surface area contributed by atoms with Crippen LogP contribution < -0.4 is 10.2 Å². The van der Waals surface area contributed by atoms with Gasteiger partial charge < -0.3 is 19.5 Å². The summed E-state index contributed by atoms with van der Waals surface area (Å²) in [6, 6.07) is 11.4. The predicted octanol–water partition coefficient (Wildman–Crippen LogP) is 1.92. The number of hydrogen-bond acceptors (Lipinski definition) is 6. The highest BCUT2D eigenvalue weighted by Crippen LogP contribution is 2.19. The Morgan fingerprint density at radius 1 is 1.15 bits per heavy atom. The average molecular weight is 352 g/mol. The molecule has 1 amide bonds. The van der Waals surface area contributed by atoms with Crippen molar-refractivity contribution in [3.63, 3.8) is 0 Å². The molecule has 1 fully saturated rings. The van der Waals surface area contributed by atoms with Crippen LogP contribution in [-0.2, 0) is 22.5 Å². The number of nitrogens with zero attached hydrogens (tertiary/aromatic N) is 3. The van der Waals surface area contributed by atoms with Crippen molar-refractivity contribution in [2.75, 3.05) is 31.2 Å². The summed E-state index contributed by atoms with van der Waals surface area (Å²) in [6.07, 6.45) is 1.96. The Morgan fingerprint density at radius 3 is 2.88 bits per heavy atom. The lowest BCUT2D eigenvalue weighted by atomic mass is 10.1. The van der Waals surface area contributed by atoms with Gasteiger partial charge in [-0.25, -0.2) is 4.98 Å². The molecule has 0 saturated carbocycles. The Hall–Kier alpha value is -2.93. The smallest absolute Gasteiger partial charge is 0.226 e. The van der Waals surface area contributed by atoms with Crippen LogP contribution in [0.4, 0.5) is 5.82 Å². The van der Waals surface area contributed by atoms with E-state index in [0.717, 1.165) is 29.9 Å². The molecule has 1 aliphatic heterocycles. The summed E-state index contributed by atoms with van der Waals surface area (Å²) in [5, 5.41) is 7.85. The molecule has 7 heteroatoms. The number of hydrogen-bond donors (Lipinski definition) is 1. The van der Waals surface area contributed by atoms with Gasteiger partial charge in [0, 0.05) is 36.8 Å². The monoisotopic (exact) mass is 352 g/mol. The Labute approximate surface area is 150 Å². The first kappa shape index (κ1) is 16.5. The van der Waals surface area contributed by atoms with Crippen molar-refractivity contribution >= 4 is 22.7 Å². The minimum Gasteiger partial charge on any atom is -0.378 e. The standard InChI is InChI=1S/C19H20N4O3/c24-18(12-16-15-5-1-2-6-17(15)26-22-16)21-13-14-4-3-7-20-19(14)23-8-10-25-11-9-23/h1-7H,8-13H2,(H,21,24). The maximum atomic E-state index is 12.4. The molecule has 4 rings (SSSR count). The van der Waals surface area contributed by atoms with Gasteiger partial charge >= 0.3 is 0 Å². The minimum atomic E-state index is -0.0965. The van der Waals surface area contributed by atoms with Crippen molar-refractivity contribution in [3.8, 4) is 0 Å². The maximum absolute atomic E-state index is 12.4. The van der Waals surface area contributed by atoms with E-state index in [9.17, 15) is 4.79 Å². The van der Waals surface area contributed by atoms with Crippen LogP contribution in [-0.4, -0.2) is 42.4 Å². The number of carbonyl (C=O) groups excluding carboxylic acids is 1. The molecule has 3 heterocycles. The molecule has 1 saturated heterocycles. The van der Waals surface area contributed by atoms with Crippen molar-refractivity contribution < 1.29 is 14.1 Å². The topological polar surface area (TPSA) is 80.5 Å². The van der Waals surface area contributed by atoms with Gasteiger partial charge in [0.2, 0.25) is 5.91 Å². The van der Waals surface area contributed by atoms with Crippen molar-refractivity contribution in [2.45, 2.75) is 13.0 Å². The Kier molecular flexibility index (Phi) is 4.79. The van der Waals surface area contributed by atoms with Gasteiger partial charge in [-0.1, -0.05) is 23.4 Å². The van der Waals surface area contributed by atoms with E-state index >= 15 is 0 Å². The molecule has 1 aromatic carbocycles. The molecule has 2 aromatic heterocycles. The second kappa shape index (κ2) is 7.53. The Morgan fingerprint density at radius 2 is 2.00 bits per heavy atom. The molecule has 0 radical (unpaired) electrons. The number of fused-ring (bicyclic) bond motifs is 1. The van der Waals surface area contributed by atoms with Crippen molar-refractivity contribution in [1.82, 2.24) is 15.5 Å². The summed E-state index contributed by atoms with van der Waals surface area (Å²) >= 11 is 0. The van der Waals surface area contributed by atoms with E-state index in [1.165, 1.54) is 0 Å². The van der Waals surface area contributed by atoms with E-state index in [-0.39, 0.29) is 12.3 Å². The van der Waals surface area contributed by atoms with E-state index in [2.05, 4.69) is 20.4 Å². The van der Waals surface area contributed by atoms with E-state index < -0.39 is 0 Å². The molecular weight excluding hydrogens is 332 g/mol. The summed E-state index contributed by atoms with van der Waals surface area (Å²) in [6.45, 7) is 3.43. The Balaban J connectivity index is 1.42. The molecule has 26 heavy (non-hydrogen) atoms. The zero-order chi connectivity index (χ0) is 17.8. The number of morpholine rings is 1. The highest BCUT2D eigenvalue weighted by molar-refractivity contribution is 5.86. The van der Waals surface area contributed by atoms with Crippen LogP contribution in [0.1, 0.15) is 11.3 Å². The van der Waals surface area contributed by atoms with Crippen LogP contribution in [0.3, 0.4) is 0 Å². The van der Waals surface area contributed by atoms with Crippen molar-refractivity contribution in [1.29, 1.82) is 0 Å². The number of pyridine rings is 1. The molecule has 0 aliphatic carbocycles. The predicted molar refractivity (Wildman–Crippen MR) is 96.8 cm³/mol. The lowest BCUT2D eigenvalue weighted by Crippen LogP contribution is -2.38. The van der Waals surface area contributed by atoms with Crippen molar-refractivity contribution in [3.05, 3.63) is 53.9 Å². The molecular formula is C19H20N4O3. The lowest BCUT2D eigenvalue weighted by Gasteiger charge is -2.29. The molecule has 1 N–H and O–H groups in total. The number of nitrogens with one attached hydrogen (secondary N) is 1. The fraction of sp³-hybridized carbons (Fsp3) is 0.316. The van der Waals surface area contributed by atoms with Gasteiger partial charge in [0.25, 0.3) is 0 Å². The highest BCUT2D eigenvalue weighted by Gasteiger charge is 2.17. The molecule has 0 spiro atoms. The number of aromatic nitrogens is 2. The van der Waals surface area contributed by atoms with Crippen LogP contribution in [0.5, 0.6) is 0 Å². The van der Waals surface area contributed by atoms with Crippen LogP contribution in [0.25, 0.3) is 11.0 Å². The molecule has 134 valence electrons. The van der Waals surface area contributed by atoms with Crippen LogP contribution in [0.15, 0.2) is 47.1 Å². The number of benzene rings is 1. The number of carbonyl (C=O) groups is 1. The van der Waals surface area contributed by atoms with Crippen LogP contribution in [0.2, 0.25) is 0 Å². The normalized spacial score (nSPS) is 14.5. The van der Waals surface area contributed by atoms with E-state index in [4.69, 9.17) is 9.26 Å². The third-order valence-electron chi connectivity index (χ3n) is 4.43. The fourth-order valence-corrected chi connectivity index (χ4v) is 3.10. The fourth-order valence-electron chi connectivity index (χ4n) is 3.10. The first-order chi connectivity index (χ1) is 12.8. The number of para-hydroxylation sites is 1. The summed E-state index contributed by atoms with van der Waals surface area (Å²) < 4.78 is 10.7. The Bertz CT molecular complexity index is 902. The average Bonchev–Trinajstić information content (AvgIpc) is 3.10. The van der Waals surface area contributed by atoms with E-state index in [0.29, 0.717) is 31.0 Å². The van der Waals surface area contributed by atoms with Gasteiger partial charge in [0.1, 0.15) is 11.5 Å². The number of amides is 1. The van der Waals surface area contributed by atoms with Crippen molar-refractivity contribution in [2.24, 2.45) is 0 Å². The number of anilines is 1. The van der Waals surface area contributed by atoms with Gasteiger partial charge in [-0.2, -0.15) is 0 Å². The highest BCUT2D eigenvalue weighted by atomic mass is 16.5. The second-order valence-corrected chi connectivity index (χ2v) is 6.16. The van der Waals surface area contributed by atoms with Gasteiger partial charge in [-0.05, 0) is 18.2 Å². The van der Waals surface area contributed by atoms with Gasteiger partial charge in [-0.3, -0.25) is 4.79 Å². The molecule has 1 aliphatic rings. The largest absolute Gasteiger partial charge is 0.378 e. The lowest BCUT2D eigenvalue weighted by molar-refractivity contribution is -0.120. The molecule has 0 unspecified atom stereocenters. The van der Waals surface area contributed by atoms with E-state index in [1.807, 2.05) is 36.4 Å². The summed E-state index contributed by atoms with van der Waals surface area (Å²) in [4.78, 5) is 19.0. The summed E-state index contributed by atoms with van der Waals surface area (Å²) in [5.74, 6) is 0.809. The quantitative estimate of drug-likeness (QED) is 0.756. The molecule has 0 atom stereocenters. The van der Waals surface area contributed by atoms with Crippen LogP contribution >= 0.6 is 0 Å². The molecule has 3 aromatic rings. The molecule has 7 nitrogen and oxygen atoms in total. The number of ether oxygens (including phenoxy) is 1. The maximum Gasteiger partial charge on any atom is 0.226 e. The van der Waals surface area contributed by atoms with Gasteiger partial charge in [-0.15, -0.1) is 0 Å². The first-order valence-corrected chi connectivity index (χ1v) is 8.68. The zero-order valence-corrected chi connectivity index (χ0v) is 14.4. The summed E-state index contributed by atoms with van der Waals surface area (Å²) in [7, 11) is 0. The van der Waals surface area contributed by atoms with E-state index in [1.54, 1.807) is 6.20 Å². The molecule has 0 bridgehead atoms. The third kappa shape index (κ3) is 3.52. The zero-order valence-electron chi connectivity index (χ0n) is 14.4.